The smallest absolute Gasteiger partial charge is 0.319 e. The van der Waals surface area contributed by atoms with Gasteiger partial charge >= 0.3 is 6.03 Å². The van der Waals surface area contributed by atoms with Crippen LogP contribution < -0.4 is 10.2 Å². The van der Waals surface area contributed by atoms with Gasteiger partial charge in [0.15, 0.2) is 0 Å². The van der Waals surface area contributed by atoms with E-state index in [2.05, 4.69) is 5.32 Å². The van der Waals surface area contributed by atoms with Gasteiger partial charge in [0, 0.05) is 11.7 Å². The first-order chi connectivity index (χ1) is 14.5. The minimum absolute atomic E-state index is 0.00299. The summed E-state index contributed by atoms with van der Waals surface area (Å²) in [4.78, 5) is 42.5. The van der Waals surface area contributed by atoms with Crippen LogP contribution in [-0.4, -0.2) is 35.3 Å². The lowest BCUT2D eigenvalue weighted by Gasteiger charge is -2.28. The Morgan fingerprint density at radius 1 is 1.07 bits per heavy atom. The van der Waals surface area contributed by atoms with Gasteiger partial charge in [0.25, 0.3) is 5.91 Å². The second-order valence-electron chi connectivity index (χ2n) is 8.54. The van der Waals surface area contributed by atoms with Crippen LogP contribution in [0.4, 0.5) is 10.5 Å². The van der Waals surface area contributed by atoms with Crippen LogP contribution in [0.15, 0.2) is 48.5 Å². The Morgan fingerprint density at radius 2 is 1.80 bits per heavy atom. The van der Waals surface area contributed by atoms with Gasteiger partial charge in [-0.3, -0.25) is 14.5 Å². The number of benzene rings is 2. The molecule has 1 N–H and O–H groups in total. The molecular weight excluding hydrogens is 378 g/mol. The van der Waals surface area contributed by atoms with E-state index in [9.17, 15) is 14.4 Å². The van der Waals surface area contributed by atoms with Crippen LogP contribution >= 0.6 is 0 Å². The monoisotopic (exact) mass is 403 g/mol. The predicted molar refractivity (Wildman–Crippen MR) is 113 cm³/mol. The van der Waals surface area contributed by atoms with Crippen molar-refractivity contribution >= 4 is 23.5 Å². The van der Waals surface area contributed by atoms with Crippen molar-refractivity contribution in [3.63, 3.8) is 0 Å². The maximum Gasteiger partial charge on any atom is 0.325 e. The molecule has 154 valence electrons. The average Bonchev–Trinajstić information content (AvgIpc) is 3.11. The number of nitrogens with zero attached hydrogens (tertiary/aromatic N) is 2. The Kier molecular flexibility index (Phi) is 4.38. The first kappa shape index (κ1) is 18.9. The first-order valence-corrected chi connectivity index (χ1v) is 10.6. The molecule has 0 bridgehead atoms. The van der Waals surface area contributed by atoms with Crippen LogP contribution in [0.3, 0.4) is 0 Å². The molecule has 1 aliphatic carbocycles. The molecule has 30 heavy (non-hydrogen) atoms. The standard InChI is InChI=1S/C24H25N3O3/c1-16-14-18-10-3-5-12-20(18)27(16)21(28)15-26-22(29)24(25-23(26)30)13-7-6-9-17-8-2-4-11-19(17)24/h2-5,8,10-12,16H,6-7,9,13-15H2,1H3,(H,25,30)/t16-,24-/m0/s1. The molecule has 6 nitrogen and oxygen atoms in total. The Morgan fingerprint density at radius 3 is 2.63 bits per heavy atom. The van der Waals surface area contributed by atoms with Gasteiger partial charge < -0.3 is 10.2 Å². The molecule has 2 aliphatic heterocycles. The number of para-hydroxylation sites is 1. The Hall–Kier alpha value is -3.15. The zero-order chi connectivity index (χ0) is 20.9. The number of hydrogen-bond acceptors (Lipinski definition) is 3. The average molecular weight is 403 g/mol. The molecule has 2 atom stereocenters. The molecule has 1 fully saturated rings. The minimum Gasteiger partial charge on any atom is -0.319 e. The molecule has 0 unspecified atom stereocenters. The Bertz CT molecular complexity index is 1050. The number of carbonyl (C=O) groups is 3. The van der Waals surface area contributed by atoms with Crippen LogP contribution in [0.5, 0.6) is 0 Å². The van der Waals surface area contributed by atoms with Gasteiger partial charge in [0.1, 0.15) is 12.1 Å². The number of carbonyl (C=O) groups excluding carboxylic acids is 3. The topological polar surface area (TPSA) is 69.7 Å². The van der Waals surface area contributed by atoms with Crippen molar-refractivity contribution in [1.82, 2.24) is 10.2 Å². The quantitative estimate of drug-likeness (QED) is 0.784. The van der Waals surface area contributed by atoms with Crippen LogP contribution in [0.2, 0.25) is 0 Å². The normalized spacial score (nSPS) is 25.2. The summed E-state index contributed by atoms with van der Waals surface area (Å²) in [6.07, 6.45) is 4.05. The van der Waals surface area contributed by atoms with Gasteiger partial charge in [-0.2, -0.15) is 0 Å². The fourth-order valence-corrected chi connectivity index (χ4v) is 5.27. The van der Waals surface area contributed by atoms with Gasteiger partial charge in [-0.15, -0.1) is 0 Å². The molecular formula is C24H25N3O3. The van der Waals surface area contributed by atoms with Crippen molar-refractivity contribution in [2.45, 2.75) is 50.6 Å². The van der Waals surface area contributed by atoms with Crippen LogP contribution in [-0.2, 0) is 28.0 Å². The number of rotatable bonds is 2. The third kappa shape index (κ3) is 2.74. The van der Waals surface area contributed by atoms with E-state index < -0.39 is 11.6 Å². The van der Waals surface area contributed by atoms with Crippen LogP contribution in [0, 0.1) is 0 Å². The van der Waals surface area contributed by atoms with Crippen molar-refractivity contribution in [3.8, 4) is 0 Å². The highest BCUT2D eigenvalue weighted by atomic mass is 16.2. The molecule has 1 saturated heterocycles. The highest BCUT2D eigenvalue weighted by Gasteiger charge is 2.54. The van der Waals surface area contributed by atoms with Crippen LogP contribution in [0.25, 0.3) is 0 Å². The van der Waals surface area contributed by atoms with E-state index in [1.807, 2.05) is 55.5 Å². The number of aryl methyl sites for hydroxylation is 1. The van der Waals surface area contributed by atoms with E-state index in [1.54, 1.807) is 4.90 Å². The van der Waals surface area contributed by atoms with E-state index in [1.165, 1.54) is 0 Å². The van der Waals surface area contributed by atoms with Crippen molar-refractivity contribution in [1.29, 1.82) is 0 Å². The maximum absolute atomic E-state index is 13.6. The third-order valence-corrected chi connectivity index (χ3v) is 6.67. The fraction of sp³-hybridized carbons (Fsp3) is 0.375. The lowest BCUT2D eigenvalue weighted by molar-refractivity contribution is -0.135. The van der Waals surface area contributed by atoms with E-state index in [0.717, 1.165) is 53.0 Å². The minimum atomic E-state index is -1.06. The number of anilines is 1. The second kappa shape index (κ2) is 6.97. The largest absolute Gasteiger partial charge is 0.325 e. The van der Waals surface area contributed by atoms with Gasteiger partial charge in [-0.25, -0.2) is 4.79 Å². The summed E-state index contributed by atoms with van der Waals surface area (Å²) in [6.45, 7) is 1.75. The maximum atomic E-state index is 13.6. The molecule has 5 rings (SSSR count). The summed E-state index contributed by atoms with van der Waals surface area (Å²) in [7, 11) is 0. The molecule has 2 aromatic carbocycles. The van der Waals surface area contributed by atoms with Crippen molar-refractivity contribution in [2.75, 3.05) is 11.4 Å². The van der Waals surface area contributed by atoms with E-state index in [-0.39, 0.29) is 24.4 Å². The number of amides is 4. The first-order valence-electron chi connectivity index (χ1n) is 10.6. The van der Waals surface area contributed by atoms with Gasteiger partial charge in [0.2, 0.25) is 5.91 Å². The molecule has 0 aromatic heterocycles. The Labute approximate surface area is 175 Å². The number of imide groups is 1. The second-order valence-corrected chi connectivity index (χ2v) is 8.54. The summed E-state index contributed by atoms with van der Waals surface area (Å²) >= 11 is 0. The summed E-state index contributed by atoms with van der Waals surface area (Å²) in [5, 5.41) is 2.96. The zero-order valence-corrected chi connectivity index (χ0v) is 17.1. The molecule has 3 aliphatic rings. The number of nitrogens with one attached hydrogen (secondary N) is 1. The fourth-order valence-electron chi connectivity index (χ4n) is 5.27. The van der Waals surface area contributed by atoms with Crippen molar-refractivity contribution in [3.05, 3.63) is 65.2 Å². The van der Waals surface area contributed by atoms with Gasteiger partial charge in [-0.1, -0.05) is 42.5 Å². The van der Waals surface area contributed by atoms with Crippen molar-refractivity contribution in [2.24, 2.45) is 0 Å². The number of urea groups is 1. The highest BCUT2D eigenvalue weighted by molar-refractivity contribution is 6.11. The summed E-state index contributed by atoms with van der Waals surface area (Å²) in [6, 6.07) is 15.2. The molecule has 0 saturated carbocycles. The molecule has 2 aromatic rings. The van der Waals surface area contributed by atoms with Crippen LogP contribution in [0.1, 0.15) is 42.9 Å². The summed E-state index contributed by atoms with van der Waals surface area (Å²) in [5.41, 5.74) is 2.90. The summed E-state index contributed by atoms with van der Waals surface area (Å²) in [5.74, 6) is -0.537. The molecule has 6 heteroatoms. The van der Waals surface area contributed by atoms with E-state index in [4.69, 9.17) is 0 Å². The van der Waals surface area contributed by atoms with Gasteiger partial charge in [-0.05, 0) is 61.8 Å². The zero-order valence-electron chi connectivity index (χ0n) is 17.1. The molecule has 2 heterocycles. The third-order valence-electron chi connectivity index (χ3n) is 6.67. The Balaban J connectivity index is 1.44. The lowest BCUT2D eigenvalue weighted by atomic mass is 9.84. The molecule has 1 spiro atoms. The highest BCUT2D eigenvalue weighted by Crippen LogP contribution is 2.39. The number of fused-ring (bicyclic) bond motifs is 3. The molecule has 0 radical (unpaired) electrons. The lowest BCUT2D eigenvalue weighted by Crippen LogP contribution is -2.47. The van der Waals surface area contributed by atoms with E-state index in [0.29, 0.717) is 6.42 Å². The number of hydrogen-bond donors (Lipinski definition) is 1. The SMILES string of the molecule is C[C@H]1Cc2ccccc2N1C(=O)CN1C(=O)N[C@]2(CCCCc3ccccc32)C1=O. The molecule has 4 amide bonds. The predicted octanol–water partition coefficient (Wildman–Crippen LogP) is 3.14. The van der Waals surface area contributed by atoms with Crippen molar-refractivity contribution < 1.29 is 14.4 Å². The summed E-state index contributed by atoms with van der Waals surface area (Å²) < 4.78 is 0. The van der Waals surface area contributed by atoms with Gasteiger partial charge in [0.05, 0.1) is 0 Å². The van der Waals surface area contributed by atoms with E-state index >= 15 is 0 Å².